The first kappa shape index (κ1) is 12.5. The zero-order valence-electron chi connectivity index (χ0n) is 10.9. The van der Waals surface area contributed by atoms with Crippen molar-refractivity contribution in [1.82, 2.24) is 9.55 Å². The van der Waals surface area contributed by atoms with Crippen LogP contribution in [0.15, 0.2) is 18.5 Å². The van der Waals surface area contributed by atoms with Crippen LogP contribution in [0.1, 0.15) is 24.5 Å². The van der Waals surface area contributed by atoms with E-state index in [0.29, 0.717) is 0 Å². The maximum absolute atomic E-state index is 4.48. The average molecular weight is 248 g/mol. The molecule has 92 valence electrons. The van der Waals surface area contributed by atoms with Crippen molar-refractivity contribution in [3.63, 3.8) is 0 Å². The summed E-state index contributed by atoms with van der Waals surface area (Å²) in [5, 5.41) is 0. The minimum atomic E-state index is 1.08. The Balaban J connectivity index is 2.15. The van der Waals surface area contributed by atoms with Crippen molar-refractivity contribution in [2.45, 2.75) is 33.7 Å². The number of aryl methyl sites for hydroxylation is 3. The molecule has 0 atom stereocenters. The first-order valence-corrected chi connectivity index (χ1v) is 7.37. The van der Waals surface area contributed by atoms with Crippen LogP contribution in [0.2, 0.25) is 0 Å². The molecule has 0 radical (unpaired) electrons. The molecule has 0 aliphatic carbocycles. The highest BCUT2D eigenvalue weighted by molar-refractivity contribution is 7.99. The van der Waals surface area contributed by atoms with Crippen LogP contribution in [-0.2, 0) is 6.54 Å². The number of benzene rings is 1. The summed E-state index contributed by atoms with van der Waals surface area (Å²) in [6, 6.07) is 4.44. The lowest BCUT2D eigenvalue weighted by molar-refractivity contribution is 0.702. The lowest BCUT2D eigenvalue weighted by Gasteiger charge is -2.05. The van der Waals surface area contributed by atoms with Gasteiger partial charge in [0.2, 0.25) is 0 Å². The van der Waals surface area contributed by atoms with E-state index < -0.39 is 0 Å². The van der Waals surface area contributed by atoms with Gasteiger partial charge < -0.3 is 4.57 Å². The summed E-state index contributed by atoms with van der Waals surface area (Å²) < 4.78 is 2.28. The molecule has 0 amide bonds. The zero-order valence-corrected chi connectivity index (χ0v) is 11.7. The number of aromatic nitrogens is 2. The zero-order chi connectivity index (χ0) is 12.3. The Bertz CT molecular complexity index is 502. The second kappa shape index (κ2) is 5.58. The molecule has 0 aliphatic rings. The summed E-state index contributed by atoms with van der Waals surface area (Å²) in [7, 11) is 0. The highest BCUT2D eigenvalue weighted by Crippen LogP contribution is 2.18. The van der Waals surface area contributed by atoms with Crippen LogP contribution in [0, 0.1) is 13.8 Å². The van der Waals surface area contributed by atoms with Crippen LogP contribution in [0.4, 0.5) is 0 Å². The number of thioether (sulfide) groups is 1. The molecule has 0 saturated heterocycles. The molecule has 1 heterocycles. The second-order valence-electron chi connectivity index (χ2n) is 4.41. The highest BCUT2D eigenvalue weighted by atomic mass is 32.2. The van der Waals surface area contributed by atoms with E-state index in [2.05, 4.69) is 42.5 Å². The van der Waals surface area contributed by atoms with Gasteiger partial charge in [0.25, 0.3) is 0 Å². The molecule has 0 bridgehead atoms. The van der Waals surface area contributed by atoms with Gasteiger partial charge in [0.05, 0.1) is 17.4 Å². The van der Waals surface area contributed by atoms with Gasteiger partial charge in [-0.1, -0.05) is 6.92 Å². The molecule has 2 nitrogen and oxygen atoms in total. The lowest BCUT2D eigenvalue weighted by atomic mass is 10.1. The third-order valence-corrected chi connectivity index (χ3v) is 4.11. The number of rotatable bonds is 5. The first-order chi connectivity index (χ1) is 8.22. The van der Waals surface area contributed by atoms with E-state index in [9.17, 15) is 0 Å². The molecular weight excluding hydrogens is 228 g/mol. The van der Waals surface area contributed by atoms with Gasteiger partial charge in [0, 0.05) is 6.54 Å². The summed E-state index contributed by atoms with van der Waals surface area (Å²) in [4.78, 5) is 4.48. The Morgan fingerprint density at radius 1 is 1.24 bits per heavy atom. The molecule has 0 spiro atoms. The smallest absolute Gasteiger partial charge is 0.0958 e. The quantitative estimate of drug-likeness (QED) is 0.749. The number of fused-ring (bicyclic) bond motifs is 1. The number of hydrogen-bond donors (Lipinski definition) is 0. The molecule has 1 aromatic carbocycles. The molecule has 2 rings (SSSR count). The Labute approximate surface area is 107 Å². The Hall–Kier alpha value is -0.960. The molecule has 0 fully saturated rings. The van der Waals surface area contributed by atoms with E-state index in [1.165, 1.54) is 34.6 Å². The lowest BCUT2D eigenvalue weighted by Crippen LogP contribution is -1.98. The Morgan fingerprint density at radius 2 is 2.00 bits per heavy atom. The van der Waals surface area contributed by atoms with Gasteiger partial charge in [-0.25, -0.2) is 4.98 Å². The van der Waals surface area contributed by atoms with Crippen molar-refractivity contribution in [1.29, 1.82) is 0 Å². The SMILES string of the molecule is CCSCCCn1cnc2cc(C)c(C)cc21. The topological polar surface area (TPSA) is 17.8 Å². The van der Waals surface area contributed by atoms with Gasteiger partial charge in [0.15, 0.2) is 0 Å². The summed E-state index contributed by atoms with van der Waals surface area (Å²) >= 11 is 2.01. The maximum atomic E-state index is 4.48. The van der Waals surface area contributed by atoms with Crippen LogP contribution < -0.4 is 0 Å². The van der Waals surface area contributed by atoms with E-state index in [-0.39, 0.29) is 0 Å². The van der Waals surface area contributed by atoms with Crippen molar-refractivity contribution in [3.05, 3.63) is 29.6 Å². The van der Waals surface area contributed by atoms with Gasteiger partial charge in [-0.3, -0.25) is 0 Å². The molecule has 3 heteroatoms. The fourth-order valence-corrected chi connectivity index (χ4v) is 2.59. The minimum Gasteiger partial charge on any atom is -0.331 e. The molecule has 17 heavy (non-hydrogen) atoms. The van der Waals surface area contributed by atoms with Crippen LogP contribution in [0.5, 0.6) is 0 Å². The molecular formula is C14H20N2S. The van der Waals surface area contributed by atoms with Crippen molar-refractivity contribution < 1.29 is 0 Å². The summed E-state index contributed by atoms with van der Waals surface area (Å²) in [6.07, 6.45) is 3.19. The molecule has 2 aromatic rings. The summed E-state index contributed by atoms with van der Waals surface area (Å²) in [5.74, 6) is 2.45. The third-order valence-electron chi connectivity index (χ3n) is 3.13. The van der Waals surface area contributed by atoms with Gasteiger partial charge in [-0.2, -0.15) is 11.8 Å². The minimum absolute atomic E-state index is 1.08. The largest absolute Gasteiger partial charge is 0.331 e. The van der Waals surface area contributed by atoms with Gasteiger partial charge in [0.1, 0.15) is 0 Å². The second-order valence-corrected chi connectivity index (χ2v) is 5.81. The van der Waals surface area contributed by atoms with Crippen molar-refractivity contribution >= 4 is 22.8 Å². The highest BCUT2D eigenvalue weighted by Gasteiger charge is 2.04. The first-order valence-electron chi connectivity index (χ1n) is 6.22. The maximum Gasteiger partial charge on any atom is 0.0958 e. The van der Waals surface area contributed by atoms with Gasteiger partial charge in [-0.15, -0.1) is 0 Å². The summed E-state index contributed by atoms with van der Waals surface area (Å²) in [5.41, 5.74) is 5.07. The van der Waals surface area contributed by atoms with E-state index in [0.717, 1.165) is 12.1 Å². The molecule has 0 saturated carbocycles. The molecule has 0 N–H and O–H groups in total. The van der Waals surface area contributed by atoms with Crippen molar-refractivity contribution in [2.24, 2.45) is 0 Å². The van der Waals surface area contributed by atoms with Crippen LogP contribution in [0.25, 0.3) is 11.0 Å². The standard InChI is InChI=1S/C14H20N2S/c1-4-17-7-5-6-16-10-15-13-8-11(2)12(3)9-14(13)16/h8-10H,4-7H2,1-3H3. The van der Waals surface area contributed by atoms with Crippen LogP contribution >= 0.6 is 11.8 Å². The van der Waals surface area contributed by atoms with Crippen molar-refractivity contribution in [3.8, 4) is 0 Å². The predicted molar refractivity (Wildman–Crippen MR) is 76.8 cm³/mol. The Morgan fingerprint density at radius 3 is 2.76 bits per heavy atom. The molecule has 1 aromatic heterocycles. The monoisotopic (exact) mass is 248 g/mol. The van der Waals surface area contributed by atoms with Crippen LogP contribution in [-0.4, -0.2) is 21.1 Å². The van der Waals surface area contributed by atoms with E-state index in [4.69, 9.17) is 0 Å². The van der Waals surface area contributed by atoms with E-state index in [1.54, 1.807) is 0 Å². The summed E-state index contributed by atoms with van der Waals surface area (Å²) in [6.45, 7) is 7.60. The molecule has 0 unspecified atom stereocenters. The van der Waals surface area contributed by atoms with Gasteiger partial charge in [-0.05, 0) is 55.0 Å². The van der Waals surface area contributed by atoms with Gasteiger partial charge >= 0.3 is 0 Å². The molecule has 0 aliphatic heterocycles. The normalized spacial score (nSPS) is 11.2. The number of hydrogen-bond acceptors (Lipinski definition) is 2. The predicted octanol–water partition coefficient (Wildman–Crippen LogP) is 3.80. The van der Waals surface area contributed by atoms with Crippen molar-refractivity contribution in [2.75, 3.05) is 11.5 Å². The number of nitrogens with zero attached hydrogens (tertiary/aromatic N) is 2. The number of imidazole rings is 1. The average Bonchev–Trinajstić information content (AvgIpc) is 2.68. The van der Waals surface area contributed by atoms with Crippen LogP contribution in [0.3, 0.4) is 0 Å². The van der Waals surface area contributed by atoms with E-state index in [1.807, 2.05) is 18.1 Å². The Kier molecular flexibility index (Phi) is 4.11. The fraction of sp³-hybridized carbons (Fsp3) is 0.500. The fourth-order valence-electron chi connectivity index (χ4n) is 1.97. The van der Waals surface area contributed by atoms with E-state index >= 15 is 0 Å². The third kappa shape index (κ3) is 2.83.